The molecular weight excluding hydrogens is 352 g/mol. The van der Waals surface area contributed by atoms with Gasteiger partial charge >= 0.3 is 0 Å². The van der Waals surface area contributed by atoms with Crippen LogP contribution in [0.5, 0.6) is 5.75 Å². The number of benzene rings is 2. The van der Waals surface area contributed by atoms with Crippen LogP contribution in [0.25, 0.3) is 16.8 Å². The van der Waals surface area contributed by atoms with Crippen molar-refractivity contribution in [2.45, 2.75) is 6.42 Å². The number of hydrogen-bond acceptors (Lipinski definition) is 4. The fourth-order valence-electron chi connectivity index (χ4n) is 3.18. The van der Waals surface area contributed by atoms with Crippen LogP contribution < -0.4 is 15.8 Å². The second-order valence-corrected chi connectivity index (χ2v) is 6.44. The zero-order valence-corrected chi connectivity index (χ0v) is 15.4. The molecule has 0 bridgehead atoms. The first-order valence-corrected chi connectivity index (χ1v) is 8.89. The Kier molecular flexibility index (Phi) is 4.68. The third kappa shape index (κ3) is 3.53. The monoisotopic (exact) mass is 372 g/mol. The zero-order valence-electron chi connectivity index (χ0n) is 15.4. The molecule has 0 saturated heterocycles. The molecule has 6 nitrogen and oxygen atoms in total. The van der Waals surface area contributed by atoms with Gasteiger partial charge in [-0.3, -0.25) is 4.79 Å². The highest BCUT2D eigenvalue weighted by molar-refractivity contribution is 5.79. The predicted molar refractivity (Wildman–Crippen MR) is 110 cm³/mol. The number of ether oxygens (including phenoxy) is 1. The molecule has 4 aromatic rings. The number of nitrogens with zero attached hydrogens (tertiary/aromatic N) is 2. The fraction of sp³-hybridized carbons (Fsp3) is 0.0909. The zero-order chi connectivity index (χ0) is 19.5. The summed E-state index contributed by atoms with van der Waals surface area (Å²) in [7, 11) is 1.66. The van der Waals surface area contributed by atoms with Gasteiger partial charge in [0.15, 0.2) is 5.82 Å². The average Bonchev–Trinajstić information content (AvgIpc) is 3.14. The highest BCUT2D eigenvalue weighted by atomic mass is 16.5. The molecule has 4 rings (SSSR count). The van der Waals surface area contributed by atoms with Gasteiger partial charge in [-0.15, -0.1) is 0 Å². The number of amides is 1. The number of anilines is 2. The maximum Gasteiger partial charge on any atom is 0.221 e. The van der Waals surface area contributed by atoms with Crippen molar-refractivity contribution >= 4 is 22.9 Å². The van der Waals surface area contributed by atoms with Gasteiger partial charge in [-0.1, -0.05) is 12.1 Å². The van der Waals surface area contributed by atoms with Crippen LogP contribution >= 0.6 is 0 Å². The maximum atomic E-state index is 11.0. The normalized spacial score (nSPS) is 10.8. The molecule has 3 N–H and O–H groups in total. The number of nitrogens with one attached hydrogen (secondary N) is 1. The summed E-state index contributed by atoms with van der Waals surface area (Å²) in [6, 6.07) is 19.7. The number of fused-ring (bicyclic) bond motifs is 1. The molecule has 2 aromatic carbocycles. The van der Waals surface area contributed by atoms with Crippen LogP contribution in [0, 0.1) is 0 Å². The molecule has 6 heteroatoms. The predicted octanol–water partition coefficient (Wildman–Crippen LogP) is 3.78. The van der Waals surface area contributed by atoms with Gasteiger partial charge in [-0.05, 0) is 59.7 Å². The van der Waals surface area contributed by atoms with Crippen LogP contribution in [0.1, 0.15) is 5.56 Å². The Morgan fingerprint density at radius 1 is 1.07 bits per heavy atom. The van der Waals surface area contributed by atoms with Crippen LogP contribution in [0.3, 0.4) is 0 Å². The standard InChI is InChI=1S/C22H20N4O2/c1-28-18-8-4-16(5-9-18)19-10-11-20-22(24-12-13-26(19)20)25-17-6-2-15(3-7-17)14-21(23)27/h2-13H,14H2,1H3,(H2,23,27)(H,24,25). The van der Waals surface area contributed by atoms with Gasteiger partial charge in [-0.25, -0.2) is 4.98 Å². The molecule has 1 amide bonds. The summed E-state index contributed by atoms with van der Waals surface area (Å²) >= 11 is 0. The number of aromatic nitrogens is 2. The molecule has 0 fully saturated rings. The third-order valence-corrected chi connectivity index (χ3v) is 4.56. The summed E-state index contributed by atoms with van der Waals surface area (Å²) in [4.78, 5) is 15.5. The van der Waals surface area contributed by atoms with Crippen molar-refractivity contribution in [1.29, 1.82) is 0 Å². The van der Waals surface area contributed by atoms with Crippen LogP contribution in [0.4, 0.5) is 11.5 Å². The molecule has 0 spiro atoms. The Balaban J connectivity index is 1.63. The van der Waals surface area contributed by atoms with Crippen LogP contribution in [0.15, 0.2) is 73.1 Å². The van der Waals surface area contributed by atoms with E-state index in [-0.39, 0.29) is 12.3 Å². The van der Waals surface area contributed by atoms with E-state index in [2.05, 4.69) is 20.8 Å². The number of nitrogens with two attached hydrogens (primary N) is 1. The second-order valence-electron chi connectivity index (χ2n) is 6.44. The lowest BCUT2D eigenvalue weighted by Crippen LogP contribution is -2.13. The van der Waals surface area contributed by atoms with E-state index in [9.17, 15) is 4.79 Å². The summed E-state index contributed by atoms with van der Waals surface area (Å²) < 4.78 is 7.33. The molecule has 0 atom stereocenters. The summed E-state index contributed by atoms with van der Waals surface area (Å²) in [5, 5.41) is 3.34. The van der Waals surface area contributed by atoms with Gasteiger partial charge in [-0.2, -0.15) is 0 Å². The van der Waals surface area contributed by atoms with Crippen molar-refractivity contribution in [3.8, 4) is 17.0 Å². The molecule has 0 aliphatic heterocycles. The Hall–Kier alpha value is -3.80. The van der Waals surface area contributed by atoms with Crippen molar-refractivity contribution in [3.63, 3.8) is 0 Å². The number of carbonyl (C=O) groups excluding carboxylic acids is 1. The molecule has 0 saturated carbocycles. The van der Waals surface area contributed by atoms with Crippen molar-refractivity contribution in [2.75, 3.05) is 12.4 Å². The minimum Gasteiger partial charge on any atom is -0.497 e. The highest BCUT2D eigenvalue weighted by Gasteiger charge is 2.09. The van der Waals surface area contributed by atoms with Gasteiger partial charge < -0.3 is 20.2 Å². The van der Waals surface area contributed by atoms with Crippen molar-refractivity contribution < 1.29 is 9.53 Å². The smallest absolute Gasteiger partial charge is 0.221 e. The number of primary amides is 1. The number of methoxy groups -OCH3 is 1. The Morgan fingerprint density at radius 2 is 1.82 bits per heavy atom. The molecular formula is C22H20N4O2. The number of carbonyl (C=O) groups is 1. The quantitative estimate of drug-likeness (QED) is 0.540. The van der Waals surface area contributed by atoms with E-state index in [1.807, 2.05) is 60.8 Å². The number of hydrogen-bond donors (Lipinski definition) is 2. The molecule has 0 unspecified atom stereocenters. The molecule has 2 aromatic heterocycles. The summed E-state index contributed by atoms with van der Waals surface area (Å²) in [6.45, 7) is 0. The van der Waals surface area contributed by atoms with Crippen molar-refractivity contribution in [1.82, 2.24) is 9.38 Å². The Bertz CT molecular complexity index is 1120. The third-order valence-electron chi connectivity index (χ3n) is 4.56. The first-order valence-electron chi connectivity index (χ1n) is 8.89. The van der Waals surface area contributed by atoms with Crippen molar-refractivity contribution in [2.24, 2.45) is 5.73 Å². The van der Waals surface area contributed by atoms with E-state index in [1.54, 1.807) is 13.3 Å². The van der Waals surface area contributed by atoms with Gasteiger partial charge in [0.05, 0.1) is 24.7 Å². The number of rotatable bonds is 6. The minimum atomic E-state index is -0.341. The van der Waals surface area contributed by atoms with E-state index >= 15 is 0 Å². The molecule has 0 aliphatic rings. The fourth-order valence-corrected chi connectivity index (χ4v) is 3.18. The van der Waals surface area contributed by atoms with E-state index < -0.39 is 0 Å². The lowest BCUT2D eigenvalue weighted by molar-refractivity contribution is -0.117. The molecule has 140 valence electrons. The van der Waals surface area contributed by atoms with Crippen LogP contribution in [-0.2, 0) is 11.2 Å². The summed E-state index contributed by atoms with van der Waals surface area (Å²) in [5.74, 6) is 1.24. The van der Waals surface area contributed by atoms with Crippen LogP contribution in [0.2, 0.25) is 0 Å². The lowest BCUT2D eigenvalue weighted by atomic mass is 10.1. The van der Waals surface area contributed by atoms with E-state index in [0.29, 0.717) is 0 Å². The first-order chi connectivity index (χ1) is 13.6. The summed E-state index contributed by atoms with van der Waals surface area (Å²) in [5.41, 5.74) is 10.1. The highest BCUT2D eigenvalue weighted by Crippen LogP contribution is 2.28. The van der Waals surface area contributed by atoms with Crippen molar-refractivity contribution in [3.05, 3.63) is 78.6 Å². The van der Waals surface area contributed by atoms with E-state index in [1.165, 1.54) is 0 Å². The maximum absolute atomic E-state index is 11.0. The van der Waals surface area contributed by atoms with Gasteiger partial charge in [0.1, 0.15) is 5.75 Å². The lowest BCUT2D eigenvalue weighted by Gasteiger charge is -2.10. The second kappa shape index (κ2) is 7.44. The first kappa shape index (κ1) is 17.6. The SMILES string of the molecule is COc1ccc(-c2ccc3c(Nc4ccc(CC(N)=O)cc4)nccn23)cc1. The molecule has 2 heterocycles. The molecule has 0 radical (unpaired) electrons. The van der Waals surface area contributed by atoms with Crippen LogP contribution in [-0.4, -0.2) is 22.4 Å². The van der Waals surface area contributed by atoms with Gasteiger partial charge in [0.25, 0.3) is 0 Å². The minimum absolute atomic E-state index is 0.234. The average molecular weight is 372 g/mol. The summed E-state index contributed by atoms with van der Waals surface area (Å²) in [6.07, 6.45) is 3.94. The molecule has 28 heavy (non-hydrogen) atoms. The largest absolute Gasteiger partial charge is 0.497 e. The van der Waals surface area contributed by atoms with Gasteiger partial charge in [0, 0.05) is 18.1 Å². The Labute approximate surface area is 162 Å². The topological polar surface area (TPSA) is 81.6 Å². The Morgan fingerprint density at radius 3 is 2.50 bits per heavy atom. The van der Waals surface area contributed by atoms with E-state index in [0.717, 1.165) is 39.6 Å². The van der Waals surface area contributed by atoms with E-state index in [4.69, 9.17) is 10.5 Å². The molecule has 0 aliphatic carbocycles. The van der Waals surface area contributed by atoms with Gasteiger partial charge in [0.2, 0.25) is 5.91 Å².